The van der Waals surface area contributed by atoms with Gasteiger partial charge in [-0.1, -0.05) is 20.8 Å². The molecule has 20 heavy (non-hydrogen) atoms. The van der Waals surface area contributed by atoms with E-state index < -0.39 is 10.0 Å². The Hall–Kier alpha value is -1.11. The molecule has 114 valence electrons. The third-order valence-electron chi connectivity index (χ3n) is 2.82. The Kier molecular flexibility index (Phi) is 6.45. The van der Waals surface area contributed by atoms with E-state index in [1.165, 1.54) is 0 Å². The number of hydrogen-bond acceptors (Lipinski definition) is 4. The molecule has 0 saturated heterocycles. The van der Waals surface area contributed by atoms with Gasteiger partial charge in [0.15, 0.2) is 0 Å². The Bertz CT molecular complexity index is 494. The van der Waals surface area contributed by atoms with Crippen LogP contribution in [0, 0.1) is 5.92 Å². The zero-order valence-corrected chi connectivity index (χ0v) is 13.1. The Labute approximate surface area is 121 Å². The van der Waals surface area contributed by atoms with Crippen LogP contribution in [-0.2, 0) is 10.0 Å². The summed E-state index contributed by atoms with van der Waals surface area (Å²) < 4.78 is 32.4. The maximum Gasteiger partial charge on any atom is 0.240 e. The van der Waals surface area contributed by atoms with E-state index >= 15 is 0 Å². The monoisotopic (exact) mass is 300 g/mol. The second kappa shape index (κ2) is 7.61. The smallest absolute Gasteiger partial charge is 0.240 e. The summed E-state index contributed by atoms with van der Waals surface area (Å²) in [5, 5.41) is 0. The molecule has 0 aromatic heterocycles. The van der Waals surface area contributed by atoms with Gasteiger partial charge in [-0.15, -0.1) is 0 Å². The molecule has 3 N–H and O–H groups in total. The summed E-state index contributed by atoms with van der Waals surface area (Å²) in [5.41, 5.74) is 5.51. The molecule has 0 spiro atoms. The first-order chi connectivity index (χ1) is 9.39. The fourth-order valence-corrected chi connectivity index (χ4v) is 2.90. The van der Waals surface area contributed by atoms with Gasteiger partial charge in [-0.25, -0.2) is 13.1 Å². The number of nitrogens with two attached hydrogens (primary N) is 1. The predicted octanol–water partition coefficient (Wildman–Crippen LogP) is 1.74. The normalized spacial score (nSPS) is 13.4. The van der Waals surface area contributed by atoms with Gasteiger partial charge < -0.3 is 10.5 Å². The van der Waals surface area contributed by atoms with Crippen LogP contribution in [0.2, 0.25) is 0 Å². The van der Waals surface area contributed by atoms with Crippen LogP contribution in [0.4, 0.5) is 0 Å². The van der Waals surface area contributed by atoms with Crippen molar-refractivity contribution in [2.45, 2.75) is 38.1 Å². The average Bonchev–Trinajstić information content (AvgIpc) is 2.43. The zero-order valence-electron chi connectivity index (χ0n) is 12.3. The van der Waals surface area contributed by atoms with E-state index in [0.29, 0.717) is 24.7 Å². The summed E-state index contributed by atoms with van der Waals surface area (Å²) >= 11 is 0. The van der Waals surface area contributed by atoms with Gasteiger partial charge in [0.25, 0.3) is 0 Å². The Morgan fingerprint density at radius 1 is 1.25 bits per heavy atom. The lowest BCUT2D eigenvalue weighted by Crippen LogP contribution is -2.39. The zero-order chi connectivity index (χ0) is 15.2. The van der Waals surface area contributed by atoms with Crippen LogP contribution in [0.1, 0.15) is 27.2 Å². The highest BCUT2D eigenvalue weighted by Gasteiger charge is 2.18. The molecule has 1 atom stereocenters. The summed E-state index contributed by atoms with van der Waals surface area (Å²) in [6, 6.07) is 6.18. The number of ether oxygens (including phenoxy) is 1. The summed E-state index contributed by atoms with van der Waals surface area (Å²) in [5.74, 6) is 1.10. The molecule has 0 amide bonds. The highest BCUT2D eigenvalue weighted by atomic mass is 32.2. The number of sulfonamides is 1. The first kappa shape index (κ1) is 16.9. The summed E-state index contributed by atoms with van der Waals surface area (Å²) in [6.45, 7) is 6.89. The Balaban J connectivity index is 2.76. The molecule has 1 unspecified atom stereocenters. The third kappa shape index (κ3) is 5.11. The van der Waals surface area contributed by atoms with Crippen LogP contribution in [-0.4, -0.2) is 27.6 Å². The molecule has 5 nitrogen and oxygen atoms in total. The van der Waals surface area contributed by atoms with Crippen molar-refractivity contribution in [3.63, 3.8) is 0 Å². The second-order valence-corrected chi connectivity index (χ2v) is 6.85. The molecular formula is C14H24N2O3S. The van der Waals surface area contributed by atoms with Crippen molar-refractivity contribution < 1.29 is 13.2 Å². The summed E-state index contributed by atoms with van der Waals surface area (Å²) in [6.07, 6.45) is 0.658. The van der Waals surface area contributed by atoms with Crippen molar-refractivity contribution in [1.29, 1.82) is 0 Å². The van der Waals surface area contributed by atoms with E-state index in [4.69, 9.17) is 10.5 Å². The molecule has 0 fully saturated rings. The van der Waals surface area contributed by atoms with Crippen LogP contribution in [0.3, 0.4) is 0 Å². The van der Waals surface area contributed by atoms with Crippen molar-refractivity contribution in [2.75, 3.05) is 13.2 Å². The number of hydrogen-bond donors (Lipinski definition) is 2. The minimum absolute atomic E-state index is 0.223. The predicted molar refractivity (Wildman–Crippen MR) is 80.2 cm³/mol. The number of benzene rings is 1. The van der Waals surface area contributed by atoms with E-state index in [1.54, 1.807) is 24.3 Å². The Morgan fingerprint density at radius 2 is 1.85 bits per heavy atom. The molecule has 1 rings (SSSR count). The van der Waals surface area contributed by atoms with E-state index in [-0.39, 0.29) is 17.5 Å². The quantitative estimate of drug-likeness (QED) is 0.766. The first-order valence-corrected chi connectivity index (χ1v) is 8.32. The van der Waals surface area contributed by atoms with Crippen LogP contribution >= 0.6 is 0 Å². The highest BCUT2D eigenvalue weighted by Crippen LogP contribution is 2.17. The largest absolute Gasteiger partial charge is 0.493 e. The van der Waals surface area contributed by atoms with Gasteiger partial charge in [-0.2, -0.15) is 0 Å². The fourth-order valence-electron chi connectivity index (χ4n) is 1.56. The minimum atomic E-state index is -3.52. The van der Waals surface area contributed by atoms with Crippen molar-refractivity contribution in [2.24, 2.45) is 11.7 Å². The van der Waals surface area contributed by atoms with E-state index in [2.05, 4.69) is 18.6 Å². The van der Waals surface area contributed by atoms with Crippen LogP contribution in [0.25, 0.3) is 0 Å². The maximum atomic E-state index is 12.1. The highest BCUT2D eigenvalue weighted by molar-refractivity contribution is 7.89. The van der Waals surface area contributed by atoms with Crippen LogP contribution < -0.4 is 15.2 Å². The summed E-state index contributed by atoms with van der Waals surface area (Å²) in [7, 11) is -3.52. The van der Waals surface area contributed by atoms with E-state index in [0.717, 1.165) is 0 Å². The van der Waals surface area contributed by atoms with Crippen molar-refractivity contribution in [3.05, 3.63) is 24.3 Å². The molecule has 0 radical (unpaired) electrons. The number of rotatable bonds is 8. The molecule has 0 heterocycles. The maximum absolute atomic E-state index is 12.1. The second-order valence-electron chi connectivity index (χ2n) is 5.14. The van der Waals surface area contributed by atoms with Gasteiger partial charge in [0.2, 0.25) is 10.0 Å². The molecule has 1 aromatic carbocycles. The molecule has 0 aliphatic rings. The van der Waals surface area contributed by atoms with Gasteiger partial charge in [0, 0.05) is 12.6 Å². The molecular weight excluding hydrogens is 276 g/mol. The Morgan fingerprint density at radius 3 is 2.30 bits per heavy atom. The van der Waals surface area contributed by atoms with E-state index in [1.807, 2.05) is 6.92 Å². The average molecular weight is 300 g/mol. The van der Waals surface area contributed by atoms with Crippen LogP contribution in [0.5, 0.6) is 5.75 Å². The van der Waals surface area contributed by atoms with Crippen molar-refractivity contribution >= 4 is 10.0 Å². The fraction of sp³-hybridized carbons (Fsp3) is 0.571. The van der Waals surface area contributed by atoms with Gasteiger partial charge in [0.1, 0.15) is 5.75 Å². The lowest BCUT2D eigenvalue weighted by molar-refractivity contribution is 0.271. The van der Waals surface area contributed by atoms with Gasteiger partial charge >= 0.3 is 0 Å². The number of nitrogens with one attached hydrogen (secondary N) is 1. The molecule has 0 bridgehead atoms. The van der Waals surface area contributed by atoms with E-state index in [9.17, 15) is 8.42 Å². The standard InChI is InChI=1S/C14H24N2O3S/c1-4-12(9-15)16-20(17,18)14-7-5-13(6-8-14)19-10-11(2)3/h5-8,11-12,16H,4,9-10,15H2,1-3H3. The van der Waals surface area contributed by atoms with Crippen molar-refractivity contribution in [1.82, 2.24) is 4.72 Å². The topological polar surface area (TPSA) is 81.4 Å². The third-order valence-corrected chi connectivity index (χ3v) is 4.35. The van der Waals surface area contributed by atoms with Crippen molar-refractivity contribution in [3.8, 4) is 5.75 Å². The van der Waals surface area contributed by atoms with Crippen LogP contribution in [0.15, 0.2) is 29.2 Å². The molecule has 6 heteroatoms. The van der Waals surface area contributed by atoms with Gasteiger partial charge in [0.05, 0.1) is 11.5 Å². The first-order valence-electron chi connectivity index (χ1n) is 6.84. The molecule has 0 saturated carbocycles. The lowest BCUT2D eigenvalue weighted by Gasteiger charge is -2.15. The summed E-state index contributed by atoms with van der Waals surface area (Å²) in [4.78, 5) is 0.223. The molecule has 1 aromatic rings. The SMILES string of the molecule is CCC(CN)NS(=O)(=O)c1ccc(OCC(C)C)cc1. The molecule has 0 aliphatic heterocycles. The van der Waals surface area contributed by atoms with Gasteiger partial charge in [-0.3, -0.25) is 0 Å². The van der Waals surface area contributed by atoms with Gasteiger partial charge in [-0.05, 0) is 36.6 Å². The minimum Gasteiger partial charge on any atom is -0.493 e. The molecule has 0 aliphatic carbocycles. The lowest BCUT2D eigenvalue weighted by atomic mass is 10.2.